The molecule has 128 valence electrons. The van der Waals surface area contributed by atoms with Crippen LogP contribution in [-0.2, 0) is 10.9 Å². The van der Waals surface area contributed by atoms with E-state index >= 15 is 0 Å². The number of aromatic nitrogens is 1. The summed E-state index contributed by atoms with van der Waals surface area (Å²) < 4.78 is 47.9. The standard InChI is InChI=1S/C14H17F3N2O4/c1-13(2)19(12(20)21)10(8-23-13)5-6-22-11-4-3-9(7-18-11)14(15,16)17/h3-4,7,10H,5-6,8H2,1-2H3,(H,20,21)/t10-/m0/s1. The molecule has 1 aliphatic heterocycles. The van der Waals surface area contributed by atoms with E-state index < -0.39 is 23.6 Å². The molecule has 1 aromatic heterocycles. The van der Waals surface area contributed by atoms with Crippen molar-refractivity contribution < 1.29 is 32.5 Å². The van der Waals surface area contributed by atoms with Crippen LogP contribution in [0.2, 0.25) is 0 Å². The predicted octanol–water partition coefficient (Wildman–Crippen LogP) is 2.98. The molecule has 0 bridgehead atoms. The number of alkyl halides is 3. The van der Waals surface area contributed by atoms with Gasteiger partial charge in [0.25, 0.3) is 0 Å². The lowest BCUT2D eigenvalue weighted by molar-refractivity contribution is -0.137. The molecule has 0 spiro atoms. The van der Waals surface area contributed by atoms with Crippen LogP contribution in [0.4, 0.5) is 18.0 Å². The van der Waals surface area contributed by atoms with Crippen LogP contribution in [0.3, 0.4) is 0 Å². The minimum atomic E-state index is -4.44. The van der Waals surface area contributed by atoms with Gasteiger partial charge < -0.3 is 14.6 Å². The van der Waals surface area contributed by atoms with Gasteiger partial charge in [-0.3, -0.25) is 4.90 Å². The highest BCUT2D eigenvalue weighted by molar-refractivity contribution is 5.66. The van der Waals surface area contributed by atoms with Crippen molar-refractivity contribution in [3.8, 4) is 5.88 Å². The van der Waals surface area contributed by atoms with Crippen molar-refractivity contribution in [1.29, 1.82) is 0 Å². The van der Waals surface area contributed by atoms with Crippen molar-refractivity contribution in [3.05, 3.63) is 23.9 Å². The van der Waals surface area contributed by atoms with Gasteiger partial charge in [-0.2, -0.15) is 13.2 Å². The second-order valence-electron chi connectivity index (χ2n) is 5.58. The van der Waals surface area contributed by atoms with Crippen LogP contribution in [0.5, 0.6) is 5.88 Å². The summed E-state index contributed by atoms with van der Waals surface area (Å²) in [6.45, 7) is 3.66. The monoisotopic (exact) mass is 334 g/mol. The van der Waals surface area contributed by atoms with E-state index in [1.54, 1.807) is 13.8 Å². The first kappa shape index (κ1) is 17.3. The minimum Gasteiger partial charge on any atom is -0.478 e. The fourth-order valence-corrected chi connectivity index (χ4v) is 2.42. The SMILES string of the molecule is CC1(C)OC[C@H](CCOc2ccc(C(F)(F)F)cn2)N1C(=O)O. The number of hydrogen-bond acceptors (Lipinski definition) is 4. The molecule has 0 saturated carbocycles. The van der Waals surface area contributed by atoms with Gasteiger partial charge in [-0.05, 0) is 19.9 Å². The third kappa shape index (κ3) is 4.04. The quantitative estimate of drug-likeness (QED) is 0.916. The zero-order chi connectivity index (χ0) is 17.3. The Morgan fingerprint density at radius 2 is 2.22 bits per heavy atom. The smallest absolute Gasteiger partial charge is 0.417 e. The average Bonchev–Trinajstić information content (AvgIpc) is 2.73. The number of amides is 1. The summed E-state index contributed by atoms with van der Waals surface area (Å²) in [5.41, 5.74) is -1.77. The van der Waals surface area contributed by atoms with Gasteiger partial charge in [-0.25, -0.2) is 9.78 Å². The number of nitrogens with zero attached hydrogens (tertiary/aromatic N) is 2. The molecular formula is C14H17F3N2O4. The summed E-state index contributed by atoms with van der Waals surface area (Å²) in [5, 5.41) is 9.23. The Balaban J connectivity index is 1.89. The zero-order valence-corrected chi connectivity index (χ0v) is 12.6. The summed E-state index contributed by atoms with van der Waals surface area (Å²) in [6, 6.07) is 1.64. The Labute approximate surface area is 130 Å². The molecule has 1 amide bonds. The van der Waals surface area contributed by atoms with Crippen LogP contribution >= 0.6 is 0 Å². The molecule has 1 aromatic rings. The molecule has 0 unspecified atom stereocenters. The highest BCUT2D eigenvalue weighted by Crippen LogP contribution is 2.30. The van der Waals surface area contributed by atoms with E-state index in [0.717, 1.165) is 12.1 Å². The molecule has 1 atom stereocenters. The van der Waals surface area contributed by atoms with Crippen LogP contribution in [0, 0.1) is 0 Å². The zero-order valence-electron chi connectivity index (χ0n) is 12.6. The molecule has 9 heteroatoms. The first-order valence-corrected chi connectivity index (χ1v) is 6.93. The minimum absolute atomic E-state index is 0.0538. The van der Waals surface area contributed by atoms with Crippen molar-refractivity contribution in [2.75, 3.05) is 13.2 Å². The molecular weight excluding hydrogens is 317 g/mol. The van der Waals surface area contributed by atoms with Crippen molar-refractivity contribution in [3.63, 3.8) is 0 Å². The predicted molar refractivity (Wildman–Crippen MR) is 73.0 cm³/mol. The van der Waals surface area contributed by atoms with Gasteiger partial charge in [0.1, 0.15) is 5.72 Å². The van der Waals surface area contributed by atoms with Crippen molar-refractivity contribution in [1.82, 2.24) is 9.88 Å². The van der Waals surface area contributed by atoms with Crippen molar-refractivity contribution in [2.24, 2.45) is 0 Å². The number of pyridine rings is 1. The van der Waals surface area contributed by atoms with Crippen LogP contribution in [0.25, 0.3) is 0 Å². The third-order valence-electron chi connectivity index (χ3n) is 3.55. The second-order valence-corrected chi connectivity index (χ2v) is 5.58. The molecule has 23 heavy (non-hydrogen) atoms. The van der Waals surface area contributed by atoms with Gasteiger partial charge in [0.15, 0.2) is 0 Å². The molecule has 0 aliphatic carbocycles. The number of ether oxygens (including phenoxy) is 2. The lowest BCUT2D eigenvalue weighted by Gasteiger charge is -2.30. The molecule has 0 aromatic carbocycles. The molecule has 6 nitrogen and oxygen atoms in total. The van der Waals surface area contributed by atoms with E-state index in [-0.39, 0.29) is 25.1 Å². The van der Waals surface area contributed by atoms with Gasteiger partial charge in [-0.1, -0.05) is 0 Å². The lowest BCUT2D eigenvalue weighted by Crippen LogP contribution is -2.47. The van der Waals surface area contributed by atoms with E-state index in [1.807, 2.05) is 0 Å². The largest absolute Gasteiger partial charge is 0.478 e. The van der Waals surface area contributed by atoms with Crippen molar-refractivity contribution in [2.45, 2.75) is 38.2 Å². The molecule has 1 fully saturated rings. The molecule has 1 aliphatic rings. The summed E-state index contributed by atoms with van der Waals surface area (Å²) in [7, 11) is 0. The van der Waals surface area contributed by atoms with Crippen LogP contribution in [-0.4, -0.2) is 46.1 Å². The summed E-state index contributed by atoms with van der Waals surface area (Å²) in [5.74, 6) is 0.0538. The first-order valence-electron chi connectivity index (χ1n) is 6.93. The third-order valence-corrected chi connectivity index (χ3v) is 3.55. The van der Waals surface area contributed by atoms with Crippen LogP contribution in [0.15, 0.2) is 18.3 Å². The van der Waals surface area contributed by atoms with Crippen LogP contribution < -0.4 is 4.74 Å². The molecule has 2 rings (SSSR count). The fourth-order valence-electron chi connectivity index (χ4n) is 2.42. The Morgan fingerprint density at radius 3 is 2.74 bits per heavy atom. The molecule has 1 saturated heterocycles. The molecule has 2 heterocycles. The van der Waals surface area contributed by atoms with E-state index in [0.29, 0.717) is 12.6 Å². The summed E-state index contributed by atoms with van der Waals surface area (Å²) in [4.78, 5) is 16.1. The Kier molecular flexibility index (Phi) is 4.69. The summed E-state index contributed by atoms with van der Waals surface area (Å²) >= 11 is 0. The maximum absolute atomic E-state index is 12.4. The Hall–Kier alpha value is -2.03. The van der Waals surface area contributed by atoms with E-state index in [9.17, 15) is 23.1 Å². The number of halogens is 3. The van der Waals surface area contributed by atoms with E-state index in [4.69, 9.17) is 9.47 Å². The molecule has 0 radical (unpaired) electrons. The van der Waals surface area contributed by atoms with Gasteiger partial charge in [0, 0.05) is 18.7 Å². The number of carbonyl (C=O) groups is 1. The number of carboxylic acid groups (broad SMARTS) is 1. The number of hydrogen-bond donors (Lipinski definition) is 1. The Morgan fingerprint density at radius 1 is 1.52 bits per heavy atom. The van der Waals surface area contributed by atoms with Gasteiger partial charge >= 0.3 is 12.3 Å². The van der Waals surface area contributed by atoms with E-state index in [1.165, 1.54) is 4.90 Å². The number of rotatable bonds is 4. The van der Waals surface area contributed by atoms with Crippen molar-refractivity contribution >= 4 is 6.09 Å². The highest BCUT2D eigenvalue weighted by atomic mass is 19.4. The van der Waals surface area contributed by atoms with Gasteiger partial charge in [0.2, 0.25) is 5.88 Å². The average molecular weight is 334 g/mol. The first-order chi connectivity index (χ1) is 10.6. The maximum atomic E-state index is 12.4. The topological polar surface area (TPSA) is 71.9 Å². The normalized spacial score (nSPS) is 20.6. The summed E-state index contributed by atoms with van der Waals surface area (Å²) in [6.07, 6.45) is -4.50. The maximum Gasteiger partial charge on any atom is 0.417 e. The fraction of sp³-hybridized carbons (Fsp3) is 0.571. The van der Waals surface area contributed by atoms with Gasteiger partial charge in [-0.15, -0.1) is 0 Å². The lowest BCUT2D eigenvalue weighted by atomic mass is 10.2. The Bertz CT molecular complexity index is 560. The highest BCUT2D eigenvalue weighted by Gasteiger charge is 2.43. The van der Waals surface area contributed by atoms with Gasteiger partial charge in [0.05, 0.1) is 24.8 Å². The molecule has 1 N–H and O–H groups in total. The van der Waals surface area contributed by atoms with E-state index in [2.05, 4.69) is 4.98 Å². The second kappa shape index (κ2) is 6.23. The van der Waals surface area contributed by atoms with Crippen LogP contribution in [0.1, 0.15) is 25.8 Å².